The molecule has 0 radical (unpaired) electrons. The maximum Gasteiger partial charge on any atom is 0.352 e. The minimum Gasteiger partial charge on any atom is -0.268 e. The van der Waals surface area contributed by atoms with Gasteiger partial charge in [0.05, 0.1) is 11.4 Å². The first-order valence-corrected chi connectivity index (χ1v) is 5.90. The third-order valence-electron chi connectivity index (χ3n) is 2.80. The fourth-order valence-corrected chi connectivity index (χ4v) is 1.86. The maximum absolute atomic E-state index is 12.0. The van der Waals surface area contributed by atoms with Crippen molar-refractivity contribution in [3.63, 3.8) is 0 Å². The molecule has 0 aliphatic heterocycles. The Kier molecular flexibility index (Phi) is 2.90. The van der Waals surface area contributed by atoms with E-state index in [1.54, 1.807) is 18.6 Å². The molecule has 2 aromatic heterocycles. The lowest BCUT2D eigenvalue weighted by Crippen LogP contribution is -2.20. The highest BCUT2D eigenvalue weighted by molar-refractivity contribution is 5.56. The van der Waals surface area contributed by atoms with Crippen molar-refractivity contribution in [2.45, 2.75) is 0 Å². The second kappa shape index (κ2) is 4.86. The van der Waals surface area contributed by atoms with Crippen LogP contribution in [0.4, 0.5) is 0 Å². The summed E-state index contributed by atoms with van der Waals surface area (Å²) >= 11 is 0. The van der Waals surface area contributed by atoms with Gasteiger partial charge in [-0.05, 0) is 30.3 Å². The molecule has 3 rings (SSSR count). The number of benzene rings is 1. The van der Waals surface area contributed by atoms with Gasteiger partial charge in [-0.3, -0.25) is 9.55 Å². The third kappa shape index (κ3) is 2.28. The van der Waals surface area contributed by atoms with Gasteiger partial charge in [-0.1, -0.05) is 18.2 Å². The second-order valence-electron chi connectivity index (χ2n) is 4.04. The average Bonchev–Trinajstić information content (AvgIpc) is 2.49. The molecule has 0 aliphatic carbocycles. The molecule has 0 unspecified atom stereocenters. The van der Waals surface area contributed by atoms with Crippen LogP contribution >= 0.6 is 0 Å². The summed E-state index contributed by atoms with van der Waals surface area (Å²) in [5.41, 5.74) is 1.97. The number of para-hydroxylation sites is 1. The maximum atomic E-state index is 12.0. The summed E-state index contributed by atoms with van der Waals surface area (Å²) in [5.74, 6) is 0. The Balaban J connectivity index is 2.07. The fourth-order valence-electron chi connectivity index (χ4n) is 1.86. The Morgan fingerprint density at radius 3 is 2.47 bits per heavy atom. The number of nitrogens with zero attached hydrogens (tertiary/aromatic N) is 3. The second-order valence-corrected chi connectivity index (χ2v) is 4.04. The monoisotopic (exact) mass is 249 g/mol. The van der Waals surface area contributed by atoms with Crippen LogP contribution in [-0.2, 0) is 0 Å². The van der Waals surface area contributed by atoms with E-state index in [1.165, 1.54) is 4.57 Å². The summed E-state index contributed by atoms with van der Waals surface area (Å²) in [7, 11) is 0. The summed E-state index contributed by atoms with van der Waals surface area (Å²) in [4.78, 5) is 20.2. The summed E-state index contributed by atoms with van der Waals surface area (Å²) in [6, 6.07) is 14.9. The molecule has 19 heavy (non-hydrogen) atoms. The van der Waals surface area contributed by atoms with Crippen LogP contribution in [0.2, 0.25) is 0 Å². The van der Waals surface area contributed by atoms with Crippen molar-refractivity contribution in [2.24, 2.45) is 0 Å². The molecule has 0 N–H and O–H groups in total. The van der Waals surface area contributed by atoms with Gasteiger partial charge in [0.25, 0.3) is 0 Å². The average molecular weight is 249 g/mol. The third-order valence-corrected chi connectivity index (χ3v) is 2.80. The summed E-state index contributed by atoms with van der Waals surface area (Å²) in [6.45, 7) is 0. The summed E-state index contributed by atoms with van der Waals surface area (Å²) in [5, 5.41) is 0. The van der Waals surface area contributed by atoms with Gasteiger partial charge in [0.15, 0.2) is 0 Å². The smallest absolute Gasteiger partial charge is 0.268 e. The van der Waals surface area contributed by atoms with Crippen molar-refractivity contribution in [3.8, 4) is 16.9 Å². The minimum atomic E-state index is -0.299. The van der Waals surface area contributed by atoms with E-state index in [0.29, 0.717) is 5.69 Å². The Morgan fingerprint density at radius 2 is 1.79 bits per heavy atom. The van der Waals surface area contributed by atoms with Crippen LogP contribution in [0.5, 0.6) is 0 Å². The molecule has 92 valence electrons. The van der Waals surface area contributed by atoms with Crippen LogP contribution in [-0.4, -0.2) is 14.5 Å². The van der Waals surface area contributed by atoms with Crippen molar-refractivity contribution in [1.29, 1.82) is 0 Å². The number of aromatic nitrogens is 3. The van der Waals surface area contributed by atoms with Crippen LogP contribution in [0.15, 0.2) is 71.9 Å². The minimum absolute atomic E-state index is 0.299. The van der Waals surface area contributed by atoms with Crippen molar-refractivity contribution in [1.82, 2.24) is 14.5 Å². The van der Waals surface area contributed by atoms with E-state index in [-0.39, 0.29) is 5.69 Å². The van der Waals surface area contributed by atoms with E-state index in [2.05, 4.69) is 9.97 Å². The Bertz CT molecular complexity index is 736. The van der Waals surface area contributed by atoms with Gasteiger partial charge in [-0.15, -0.1) is 0 Å². The summed E-state index contributed by atoms with van der Waals surface area (Å²) in [6.07, 6.45) is 5.11. The molecule has 0 saturated carbocycles. The lowest BCUT2D eigenvalue weighted by atomic mass is 10.2. The highest BCUT2D eigenvalue weighted by atomic mass is 16.1. The van der Waals surface area contributed by atoms with Gasteiger partial charge in [-0.25, -0.2) is 4.79 Å². The van der Waals surface area contributed by atoms with Crippen LogP contribution in [0.25, 0.3) is 16.9 Å². The van der Waals surface area contributed by atoms with Crippen molar-refractivity contribution in [3.05, 3.63) is 77.6 Å². The molecule has 0 atom stereocenters. The van der Waals surface area contributed by atoms with E-state index in [4.69, 9.17) is 0 Å². The standard InChI is InChI=1S/C15H11N3O/c19-15-17-14(12-5-4-9-16-11-12)8-10-18(15)13-6-2-1-3-7-13/h1-11H. The number of rotatable bonds is 2. The SMILES string of the molecule is O=c1nc(-c2cccnc2)ccn1-c1ccccc1. The first-order valence-electron chi connectivity index (χ1n) is 5.90. The molecule has 4 heteroatoms. The van der Waals surface area contributed by atoms with Gasteiger partial charge in [0.1, 0.15) is 0 Å². The molecular weight excluding hydrogens is 238 g/mol. The van der Waals surface area contributed by atoms with Gasteiger partial charge in [0, 0.05) is 24.2 Å². The fraction of sp³-hybridized carbons (Fsp3) is 0. The molecule has 0 bridgehead atoms. The van der Waals surface area contributed by atoms with Gasteiger partial charge in [0.2, 0.25) is 0 Å². The quantitative estimate of drug-likeness (QED) is 0.700. The topological polar surface area (TPSA) is 47.8 Å². The van der Waals surface area contributed by atoms with Gasteiger partial charge in [-0.2, -0.15) is 4.98 Å². The van der Waals surface area contributed by atoms with E-state index in [0.717, 1.165) is 11.3 Å². The van der Waals surface area contributed by atoms with E-state index in [9.17, 15) is 4.79 Å². The van der Waals surface area contributed by atoms with Crippen molar-refractivity contribution in [2.75, 3.05) is 0 Å². The zero-order valence-corrected chi connectivity index (χ0v) is 10.1. The van der Waals surface area contributed by atoms with E-state index >= 15 is 0 Å². The molecule has 1 aromatic carbocycles. The van der Waals surface area contributed by atoms with Crippen LogP contribution < -0.4 is 5.69 Å². The molecule has 0 fully saturated rings. The lowest BCUT2D eigenvalue weighted by Gasteiger charge is -2.05. The van der Waals surface area contributed by atoms with Crippen LogP contribution in [0.3, 0.4) is 0 Å². The highest BCUT2D eigenvalue weighted by Gasteiger charge is 2.03. The first-order chi connectivity index (χ1) is 9.34. The normalized spacial score (nSPS) is 10.3. The number of pyridine rings is 1. The van der Waals surface area contributed by atoms with Crippen molar-refractivity contribution >= 4 is 0 Å². The van der Waals surface area contributed by atoms with E-state index < -0.39 is 0 Å². The Labute approximate surface area is 110 Å². The van der Waals surface area contributed by atoms with Crippen LogP contribution in [0.1, 0.15) is 0 Å². The molecule has 2 heterocycles. The number of hydrogen-bond acceptors (Lipinski definition) is 3. The molecule has 4 nitrogen and oxygen atoms in total. The molecule has 0 aliphatic rings. The Morgan fingerprint density at radius 1 is 0.947 bits per heavy atom. The molecule has 0 amide bonds. The zero-order chi connectivity index (χ0) is 13.1. The predicted octanol–water partition coefficient (Wildman–Crippen LogP) is 2.29. The highest BCUT2D eigenvalue weighted by Crippen LogP contribution is 2.13. The van der Waals surface area contributed by atoms with Gasteiger partial charge < -0.3 is 0 Å². The van der Waals surface area contributed by atoms with E-state index in [1.807, 2.05) is 48.5 Å². The predicted molar refractivity (Wildman–Crippen MR) is 73.1 cm³/mol. The van der Waals surface area contributed by atoms with Crippen LogP contribution in [0, 0.1) is 0 Å². The zero-order valence-electron chi connectivity index (χ0n) is 10.1. The molecule has 0 spiro atoms. The lowest BCUT2D eigenvalue weighted by molar-refractivity contribution is 0.917. The molecular formula is C15H11N3O. The largest absolute Gasteiger partial charge is 0.352 e. The first kappa shape index (κ1) is 11.3. The Hall–Kier alpha value is -2.75. The number of hydrogen-bond donors (Lipinski definition) is 0. The molecule has 3 aromatic rings. The summed E-state index contributed by atoms with van der Waals surface area (Å²) < 4.78 is 1.51. The van der Waals surface area contributed by atoms with Gasteiger partial charge >= 0.3 is 5.69 Å². The van der Waals surface area contributed by atoms with Crippen molar-refractivity contribution < 1.29 is 0 Å². The molecule has 0 saturated heterocycles.